The number of nitro groups is 1. The van der Waals surface area contributed by atoms with Crippen LogP contribution in [0.25, 0.3) is 0 Å². The van der Waals surface area contributed by atoms with Crippen molar-refractivity contribution >= 4 is 23.4 Å². The van der Waals surface area contributed by atoms with Gasteiger partial charge in [0, 0.05) is 51.3 Å². The maximum absolute atomic E-state index is 13.0. The van der Waals surface area contributed by atoms with Gasteiger partial charge in [0.25, 0.3) is 5.69 Å². The van der Waals surface area contributed by atoms with Gasteiger partial charge in [-0.15, -0.1) is 0 Å². The third kappa shape index (κ3) is 6.09. The molecule has 2 aliphatic heterocycles. The summed E-state index contributed by atoms with van der Waals surface area (Å²) in [5.74, 6) is -0.316. The Morgan fingerprint density at radius 1 is 1.00 bits per heavy atom. The van der Waals surface area contributed by atoms with Gasteiger partial charge in [-0.05, 0) is 45.7 Å². The molecule has 3 rings (SSSR count). The van der Waals surface area contributed by atoms with Crippen LogP contribution in [0, 0.1) is 16.0 Å². The van der Waals surface area contributed by atoms with E-state index in [4.69, 9.17) is 4.74 Å². The predicted molar refractivity (Wildman–Crippen MR) is 117 cm³/mol. The van der Waals surface area contributed by atoms with Crippen molar-refractivity contribution in [3.8, 4) is 0 Å². The number of amides is 2. The second-order valence-electron chi connectivity index (χ2n) is 9.51. The maximum atomic E-state index is 13.0. The van der Waals surface area contributed by atoms with Crippen LogP contribution in [0.1, 0.15) is 39.2 Å². The van der Waals surface area contributed by atoms with Crippen LogP contribution in [0.15, 0.2) is 18.2 Å². The van der Waals surface area contributed by atoms with E-state index in [9.17, 15) is 32.9 Å². The molecule has 1 aromatic rings. The molecule has 0 saturated carbocycles. The summed E-state index contributed by atoms with van der Waals surface area (Å²) in [7, 11) is 0. The number of piperidine rings is 1. The second-order valence-corrected chi connectivity index (χ2v) is 9.51. The highest BCUT2D eigenvalue weighted by Gasteiger charge is 2.36. The fraction of sp³-hybridized carbons (Fsp3) is 0.636. The number of benzene rings is 1. The lowest BCUT2D eigenvalue weighted by Crippen LogP contribution is -2.53. The number of carbonyl (C=O) groups excluding carboxylic acids is 2. The number of alkyl halides is 3. The summed E-state index contributed by atoms with van der Waals surface area (Å²) >= 11 is 0. The number of hydrogen-bond acceptors (Lipinski definition) is 6. The molecule has 188 valence electrons. The third-order valence-electron chi connectivity index (χ3n) is 5.93. The molecule has 0 atom stereocenters. The number of anilines is 1. The van der Waals surface area contributed by atoms with E-state index < -0.39 is 34.0 Å². The van der Waals surface area contributed by atoms with Gasteiger partial charge < -0.3 is 19.4 Å². The van der Waals surface area contributed by atoms with Crippen LogP contribution in [0.4, 0.5) is 29.3 Å². The Bertz CT molecular complexity index is 931. The monoisotopic (exact) mass is 486 g/mol. The van der Waals surface area contributed by atoms with E-state index in [1.165, 1.54) is 0 Å². The van der Waals surface area contributed by atoms with Crippen LogP contribution in [0.5, 0.6) is 0 Å². The first kappa shape index (κ1) is 25.6. The minimum Gasteiger partial charge on any atom is -0.444 e. The minimum atomic E-state index is -4.67. The molecule has 9 nitrogen and oxygen atoms in total. The van der Waals surface area contributed by atoms with Gasteiger partial charge in [-0.25, -0.2) is 4.79 Å². The number of carbonyl (C=O) groups is 2. The van der Waals surface area contributed by atoms with Crippen LogP contribution in [-0.4, -0.2) is 71.6 Å². The Labute approximate surface area is 195 Å². The van der Waals surface area contributed by atoms with E-state index in [1.807, 2.05) is 0 Å². The normalized spacial score (nSPS) is 18.1. The molecule has 2 amide bonds. The van der Waals surface area contributed by atoms with Crippen LogP contribution < -0.4 is 4.90 Å². The zero-order valence-electron chi connectivity index (χ0n) is 19.4. The van der Waals surface area contributed by atoms with Crippen molar-refractivity contribution in [3.05, 3.63) is 33.9 Å². The molecule has 2 saturated heterocycles. The lowest BCUT2D eigenvalue weighted by Gasteiger charge is -2.39. The van der Waals surface area contributed by atoms with Crippen LogP contribution >= 0.6 is 0 Å². The van der Waals surface area contributed by atoms with Gasteiger partial charge in [-0.2, -0.15) is 13.2 Å². The summed E-state index contributed by atoms with van der Waals surface area (Å²) in [4.78, 5) is 40.7. The average Bonchev–Trinajstić information content (AvgIpc) is 2.76. The fourth-order valence-corrected chi connectivity index (χ4v) is 4.17. The van der Waals surface area contributed by atoms with E-state index in [2.05, 4.69) is 0 Å². The molecule has 0 spiro atoms. The standard InChI is InChI=1S/C22H29F3N4O5/c1-21(2,3)34-20(31)28-12-10-27(11-13-28)19(30)15-6-8-26(9-7-15)17-5-4-16(22(23,24)25)14-18(17)29(32)33/h4-5,14-15H,6-13H2,1-3H3. The first-order chi connectivity index (χ1) is 15.8. The highest BCUT2D eigenvalue weighted by Crippen LogP contribution is 2.37. The smallest absolute Gasteiger partial charge is 0.416 e. The molecule has 0 bridgehead atoms. The molecule has 0 unspecified atom stereocenters. The Morgan fingerprint density at radius 3 is 2.06 bits per heavy atom. The third-order valence-corrected chi connectivity index (χ3v) is 5.93. The predicted octanol–water partition coefficient (Wildman–Crippen LogP) is 3.91. The van der Waals surface area contributed by atoms with Gasteiger partial charge in [0.1, 0.15) is 11.3 Å². The molecule has 12 heteroatoms. The van der Waals surface area contributed by atoms with Crippen molar-refractivity contribution in [2.75, 3.05) is 44.2 Å². The van der Waals surface area contributed by atoms with Gasteiger partial charge in [0.05, 0.1) is 10.5 Å². The van der Waals surface area contributed by atoms with Gasteiger partial charge in [0.2, 0.25) is 5.91 Å². The zero-order valence-corrected chi connectivity index (χ0v) is 19.4. The molecular weight excluding hydrogens is 457 g/mol. The van der Waals surface area contributed by atoms with E-state index >= 15 is 0 Å². The van der Waals surface area contributed by atoms with Gasteiger partial charge in [-0.1, -0.05) is 0 Å². The SMILES string of the molecule is CC(C)(C)OC(=O)N1CCN(C(=O)C2CCN(c3ccc(C(F)(F)F)cc3[N+](=O)[O-])CC2)CC1. The van der Waals surface area contributed by atoms with Gasteiger partial charge >= 0.3 is 12.3 Å². The van der Waals surface area contributed by atoms with Crippen molar-refractivity contribution in [3.63, 3.8) is 0 Å². The highest BCUT2D eigenvalue weighted by molar-refractivity contribution is 5.80. The molecule has 1 aromatic carbocycles. The summed E-state index contributed by atoms with van der Waals surface area (Å²) in [6.07, 6.45) is -4.21. The Kier molecular flexibility index (Phi) is 7.27. The van der Waals surface area contributed by atoms with Crippen molar-refractivity contribution in [1.82, 2.24) is 9.80 Å². The summed E-state index contributed by atoms with van der Waals surface area (Å²) in [6, 6.07) is 2.51. The number of rotatable bonds is 3. The second kappa shape index (κ2) is 9.67. The summed E-state index contributed by atoms with van der Waals surface area (Å²) in [6.45, 7) is 7.53. The van der Waals surface area contributed by atoms with Crippen LogP contribution in [0.3, 0.4) is 0 Å². The number of nitro benzene ring substituents is 1. The van der Waals surface area contributed by atoms with Crippen molar-refractivity contribution in [2.45, 2.75) is 45.4 Å². The maximum Gasteiger partial charge on any atom is 0.416 e. The molecule has 2 aliphatic rings. The molecular formula is C22H29F3N4O5. The van der Waals surface area contributed by atoms with Crippen LogP contribution in [-0.2, 0) is 15.7 Å². The number of piperazine rings is 1. The summed E-state index contributed by atoms with van der Waals surface area (Å²) < 4.78 is 44.2. The van der Waals surface area contributed by atoms with Crippen molar-refractivity contribution in [1.29, 1.82) is 0 Å². The number of nitrogens with zero attached hydrogens (tertiary/aromatic N) is 4. The Morgan fingerprint density at radius 2 is 1.56 bits per heavy atom. The van der Waals surface area contributed by atoms with Gasteiger partial charge in [0.15, 0.2) is 0 Å². The van der Waals surface area contributed by atoms with Crippen molar-refractivity contribution in [2.24, 2.45) is 5.92 Å². The molecule has 0 radical (unpaired) electrons. The topological polar surface area (TPSA) is 96.2 Å². The number of halogens is 3. The van der Waals surface area contributed by atoms with Crippen LogP contribution in [0.2, 0.25) is 0 Å². The minimum absolute atomic E-state index is 0.0367. The van der Waals surface area contributed by atoms with E-state index in [1.54, 1.807) is 35.5 Å². The molecule has 2 heterocycles. The Balaban J connectivity index is 1.57. The summed E-state index contributed by atoms with van der Waals surface area (Å²) in [5.41, 5.74) is -2.15. The number of ether oxygens (including phenoxy) is 1. The summed E-state index contributed by atoms with van der Waals surface area (Å²) in [5, 5.41) is 11.4. The van der Waals surface area contributed by atoms with E-state index in [-0.39, 0.29) is 17.5 Å². The largest absolute Gasteiger partial charge is 0.444 e. The number of hydrogen-bond donors (Lipinski definition) is 0. The van der Waals surface area contributed by atoms with E-state index in [0.717, 1.165) is 12.1 Å². The van der Waals surface area contributed by atoms with Gasteiger partial charge in [-0.3, -0.25) is 14.9 Å². The van der Waals surface area contributed by atoms with Crippen molar-refractivity contribution < 1.29 is 32.4 Å². The lowest BCUT2D eigenvalue weighted by atomic mass is 9.94. The fourth-order valence-electron chi connectivity index (χ4n) is 4.17. The Hall–Kier alpha value is -3.05. The zero-order chi connectivity index (χ0) is 25.3. The average molecular weight is 486 g/mol. The first-order valence-corrected chi connectivity index (χ1v) is 11.1. The van der Waals surface area contributed by atoms with E-state index in [0.29, 0.717) is 58.2 Å². The first-order valence-electron chi connectivity index (χ1n) is 11.1. The molecule has 34 heavy (non-hydrogen) atoms. The lowest BCUT2D eigenvalue weighted by molar-refractivity contribution is -0.384. The molecule has 2 fully saturated rings. The highest BCUT2D eigenvalue weighted by atomic mass is 19.4. The molecule has 0 aromatic heterocycles. The molecule has 0 N–H and O–H groups in total. The molecule has 0 aliphatic carbocycles. The quantitative estimate of drug-likeness (QED) is 0.475.